The van der Waals surface area contributed by atoms with Gasteiger partial charge in [0.05, 0.1) is 11.3 Å². The van der Waals surface area contributed by atoms with Crippen molar-refractivity contribution in [2.24, 2.45) is 11.7 Å². The van der Waals surface area contributed by atoms with Gasteiger partial charge >= 0.3 is 0 Å². The van der Waals surface area contributed by atoms with Gasteiger partial charge in [-0.2, -0.15) is 0 Å². The van der Waals surface area contributed by atoms with Gasteiger partial charge in [0.1, 0.15) is 5.75 Å². The molecule has 1 heterocycles. The Morgan fingerprint density at radius 1 is 1.07 bits per heavy atom. The molecule has 8 heteroatoms. The molecule has 2 aromatic carbocycles. The minimum atomic E-state index is -0.361. The first-order chi connectivity index (χ1) is 13.9. The number of piperidine rings is 1. The molecule has 0 bridgehead atoms. The summed E-state index contributed by atoms with van der Waals surface area (Å²) in [5.74, 6) is -0.483. The van der Waals surface area contributed by atoms with Gasteiger partial charge in [0.15, 0.2) is 6.61 Å². The summed E-state index contributed by atoms with van der Waals surface area (Å²) in [4.78, 5) is 38.2. The van der Waals surface area contributed by atoms with E-state index in [0.29, 0.717) is 42.9 Å². The molecule has 0 aromatic heterocycles. The fraction of sp³-hybridized carbons (Fsp3) is 0.286. The lowest BCUT2D eigenvalue weighted by Gasteiger charge is -2.31. The molecule has 29 heavy (non-hydrogen) atoms. The van der Waals surface area contributed by atoms with Crippen LogP contribution < -0.4 is 15.8 Å². The average Bonchev–Trinajstić information content (AvgIpc) is 2.73. The normalized spacial score (nSPS) is 14.3. The molecular weight excluding hydrogens is 438 g/mol. The van der Waals surface area contributed by atoms with Gasteiger partial charge in [0.25, 0.3) is 11.8 Å². The summed E-state index contributed by atoms with van der Waals surface area (Å²) in [6.07, 6.45) is 1.10. The summed E-state index contributed by atoms with van der Waals surface area (Å²) >= 11 is 3.34. The number of nitrogens with one attached hydrogen (secondary N) is 1. The largest absolute Gasteiger partial charge is 0.484 e. The number of para-hydroxylation sites is 1. The molecule has 3 rings (SSSR count). The molecule has 0 unspecified atom stereocenters. The first-order valence-corrected chi connectivity index (χ1v) is 10.1. The molecule has 1 fully saturated rings. The zero-order chi connectivity index (χ0) is 20.8. The van der Waals surface area contributed by atoms with Gasteiger partial charge in [0, 0.05) is 23.5 Å². The van der Waals surface area contributed by atoms with Crippen LogP contribution in [0.5, 0.6) is 5.75 Å². The number of primary amides is 1. The second kappa shape index (κ2) is 9.56. The minimum Gasteiger partial charge on any atom is -0.484 e. The second-order valence-electron chi connectivity index (χ2n) is 6.81. The molecule has 1 saturated heterocycles. The predicted molar refractivity (Wildman–Crippen MR) is 113 cm³/mol. The lowest BCUT2D eigenvalue weighted by molar-refractivity contribution is -0.123. The Kier molecular flexibility index (Phi) is 6.87. The highest BCUT2D eigenvalue weighted by molar-refractivity contribution is 9.10. The van der Waals surface area contributed by atoms with E-state index in [4.69, 9.17) is 10.5 Å². The Labute approximate surface area is 177 Å². The van der Waals surface area contributed by atoms with E-state index < -0.39 is 0 Å². The van der Waals surface area contributed by atoms with E-state index in [1.807, 2.05) is 12.1 Å². The lowest BCUT2D eigenvalue weighted by Crippen LogP contribution is -2.42. The van der Waals surface area contributed by atoms with Crippen LogP contribution in [0.4, 0.5) is 5.69 Å². The maximum Gasteiger partial charge on any atom is 0.262 e. The van der Waals surface area contributed by atoms with Crippen molar-refractivity contribution >= 4 is 39.3 Å². The van der Waals surface area contributed by atoms with Crippen LogP contribution in [0.25, 0.3) is 0 Å². The Bertz CT molecular complexity index is 893. The Morgan fingerprint density at radius 3 is 2.38 bits per heavy atom. The van der Waals surface area contributed by atoms with E-state index >= 15 is 0 Å². The number of amides is 3. The number of benzene rings is 2. The summed E-state index contributed by atoms with van der Waals surface area (Å²) in [6, 6.07) is 14.0. The first-order valence-electron chi connectivity index (χ1n) is 9.30. The number of halogens is 1. The highest BCUT2D eigenvalue weighted by atomic mass is 79.9. The SMILES string of the molecule is NC(=O)C1CCN(C(=O)c2ccccc2NC(=O)COc2ccc(Br)cc2)CC1. The monoisotopic (exact) mass is 459 g/mol. The van der Waals surface area contributed by atoms with Crippen molar-refractivity contribution in [2.75, 3.05) is 25.0 Å². The van der Waals surface area contributed by atoms with Gasteiger partial charge in [0.2, 0.25) is 5.91 Å². The highest BCUT2D eigenvalue weighted by Crippen LogP contribution is 2.22. The fourth-order valence-electron chi connectivity index (χ4n) is 3.18. The van der Waals surface area contributed by atoms with Crippen molar-refractivity contribution in [2.45, 2.75) is 12.8 Å². The molecule has 7 nitrogen and oxygen atoms in total. The van der Waals surface area contributed by atoms with E-state index in [1.54, 1.807) is 41.3 Å². The van der Waals surface area contributed by atoms with Crippen LogP contribution in [-0.2, 0) is 9.59 Å². The fourth-order valence-corrected chi connectivity index (χ4v) is 3.45. The van der Waals surface area contributed by atoms with Gasteiger partial charge in [-0.3, -0.25) is 14.4 Å². The second-order valence-corrected chi connectivity index (χ2v) is 7.72. The summed E-state index contributed by atoms with van der Waals surface area (Å²) in [6.45, 7) is 0.747. The van der Waals surface area contributed by atoms with Crippen LogP contribution in [0.2, 0.25) is 0 Å². The Morgan fingerprint density at radius 2 is 1.72 bits per heavy atom. The molecule has 3 N–H and O–H groups in total. The van der Waals surface area contributed by atoms with Gasteiger partial charge < -0.3 is 20.7 Å². The standard InChI is InChI=1S/C21H22BrN3O4/c22-15-5-7-16(8-6-15)29-13-19(26)24-18-4-2-1-3-17(18)21(28)25-11-9-14(10-12-25)20(23)27/h1-8,14H,9-13H2,(H2,23,27)(H,24,26). The van der Waals surface area contributed by atoms with Crippen LogP contribution in [0.1, 0.15) is 23.2 Å². The maximum atomic E-state index is 12.9. The minimum absolute atomic E-state index is 0.172. The number of ether oxygens (including phenoxy) is 1. The molecule has 1 aliphatic heterocycles. The van der Waals surface area contributed by atoms with Crippen molar-refractivity contribution in [3.8, 4) is 5.75 Å². The van der Waals surface area contributed by atoms with Crippen LogP contribution in [0.15, 0.2) is 53.0 Å². The number of hydrogen-bond donors (Lipinski definition) is 2. The van der Waals surface area contributed by atoms with E-state index in [0.717, 1.165) is 4.47 Å². The Hall–Kier alpha value is -2.87. The maximum absolute atomic E-state index is 12.9. The van der Waals surface area contributed by atoms with Gasteiger partial charge in [-0.1, -0.05) is 28.1 Å². The van der Waals surface area contributed by atoms with Crippen LogP contribution >= 0.6 is 15.9 Å². The van der Waals surface area contributed by atoms with Crippen molar-refractivity contribution in [3.63, 3.8) is 0 Å². The molecule has 2 aromatic rings. The van der Waals surface area contributed by atoms with Gasteiger partial charge in [-0.25, -0.2) is 0 Å². The predicted octanol–water partition coefficient (Wildman–Crippen LogP) is 2.80. The van der Waals surface area contributed by atoms with E-state index in [-0.39, 0.29) is 30.2 Å². The van der Waals surface area contributed by atoms with Crippen molar-refractivity contribution in [3.05, 3.63) is 58.6 Å². The molecule has 0 saturated carbocycles. The van der Waals surface area contributed by atoms with Gasteiger partial charge in [-0.05, 0) is 49.2 Å². The molecule has 1 aliphatic rings. The highest BCUT2D eigenvalue weighted by Gasteiger charge is 2.27. The van der Waals surface area contributed by atoms with E-state index in [9.17, 15) is 14.4 Å². The summed E-state index contributed by atoms with van der Waals surface area (Å²) < 4.78 is 6.39. The number of nitrogens with zero attached hydrogens (tertiary/aromatic N) is 1. The summed E-state index contributed by atoms with van der Waals surface area (Å²) in [7, 11) is 0. The third-order valence-electron chi connectivity index (χ3n) is 4.80. The average molecular weight is 460 g/mol. The van der Waals surface area contributed by atoms with Crippen LogP contribution in [0, 0.1) is 5.92 Å². The molecule has 0 radical (unpaired) electrons. The topological polar surface area (TPSA) is 102 Å². The number of carbonyl (C=O) groups excluding carboxylic acids is 3. The van der Waals surface area contributed by atoms with Crippen LogP contribution in [-0.4, -0.2) is 42.3 Å². The third kappa shape index (κ3) is 5.57. The molecule has 3 amide bonds. The number of anilines is 1. The first kappa shape index (κ1) is 20.9. The number of nitrogens with two attached hydrogens (primary N) is 1. The quantitative estimate of drug-likeness (QED) is 0.692. The van der Waals surface area contributed by atoms with E-state index in [2.05, 4.69) is 21.2 Å². The molecule has 152 valence electrons. The number of likely N-dealkylation sites (tertiary alicyclic amines) is 1. The third-order valence-corrected chi connectivity index (χ3v) is 5.33. The van der Waals surface area contributed by atoms with Crippen LogP contribution in [0.3, 0.4) is 0 Å². The summed E-state index contributed by atoms with van der Waals surface area (Å²) in [5.41, 5.74) is 6.19. The van der Waals surface area contributed by atoms with Crippen molar-refractivity contribution in [1.29, 1.82) is 0 Å². The molecule has 0 aliphatic carbocycles. The zero-order valence-electron chi connectivity index (χ0n) is 15.8. The lowest BCUT2D eigenvalue weighted by atomic mass is 9.95. The molecule has 0 spiro atoms. The van der Waals surface area contributed by atoms with Crippen molar-refractivity contribution < 1.29 is 19.1 Å². The van der Waals surface area contributed by atoms with Gasteiger partial charge in [-0.15, -0.1) is 0 Å². The van der Waals surface area contributed by atoms with Crippen molar-refractivity contribution in [1.82, 2.24) is 4.90 Å². The molecular formula is C21H22BrN3O4. The smallest absolute Gasteiger partial charge is 0.262 e. The molecule has 0 atom stereocenters. The number of rotatable bonds is 6. The Balaban J connectivity index is 1.61. The summed E-state index contributed by atoms with van der Waals surface area (Å²) in [5, 5.41) is 2.74. The number of hydrogen-bond acceptors (Lipinski definition) is 4. The number of carbonyl (C=O) groups is 3. The zero-order valence-corrected chi connectivity index (χ0v) is 17.4. The van der Waals surface area contributed by atoms with E-state index in [1.165, 1.54) is 0 Å².